The van der Waals surface area contributed by atoms with Gasteiger partial charge in [0.2, 0.25) is 0 Å². The van der Waals surface area contributed by atoms with Gasteiger partial charge >= 0.3 is 0 Å². The number of hydrogen-bond donors (Lipinski definition) is 0. The lowest BCUT2D eigenvalue weighted by atomic mass is 9.48. The zero-order chi connectivity index (χ0) is 15.5. The number of rotatable bonds is 3. The van der Waals surface area contributed by atoms with Crippen LogP contribution < -0.4 is 10.4 Å². The van der Waals surface area contributed by atoms with Crippen LogP contribution in [0.15, 0.2) is 18.2 Å². The van der Waals surface area contributed by atoms with Gasteiger partial charge in [-0.1, -0.05) is 54.8 Å². The van der Waals surface area contributed by atoms with E-state index in [0.717, 1.165) is 17.8 Å². The fourth-order valence-electron chi connectivity index (χ4n) is 5.98. The SMILES string of the molecule is C[Si](C)c1cc([Si](C)C)cc(C23CC4CC(CC(C4)C2)C3)c1. The fraction of sp³-hybridized carbons (Fsp3) is 0.700. The Kier molecular flexibility index (Phi) is 3.69. The van der Waals surface area contributed by atoms with Gasteiger partial charge < -0.3 is 0 Å². The summed E-state index contributed by atoms with van der Waals surface area (Å²) in [5, 5.41) is 3.39. The predicted octanol–water partition coefficient (Wildman–Crippen LogP) is 4.08. The molecule has 0 unspecified atom stereocenters. The van der Waals surface area contributed by atoms with E-state index in [1.807, 2.05) is 0 Å². The molecule has 118 valence electrons. The lowest BCUT2D eigenvalue weighted by Gasteiger charge is -2.57. The van der Waals surface area contributed by atoms with Crippen molar-refractivity contribution in [3.8, 4) is 0 Å². The monoisotopic (exact) mass is 326 g/mol. The molecular weight excluding hydrogens is 296 g/mol. The van der Waals surface area contributed by atoms with Gasteiger partial charge in [-0.2, -0.15) is 0 Å². The van der Waals surface area contributed by atoms with Crippen LogP contribution in [0.4, 0.5) is 0 Å². The first kappa shape index (κ1) is 15.2. The van der Waals surface area contributed by atoms with Crippen LogP contribution in [0.1, 0.15) is 44.1 Å². The summed E-state index contributed by atoms with van der Waals surface area (Å²) in [4.78, 5) is 0. The topological polar surface area (TPSA) is 0 Å². The van der Waals surface area contributed by atoms with Crippen molar-refractivity contribution in [3.63, 3.8) is 0 Å². The van der Waals surface area contributed by atoms with Crippen molar-refractivity contribution in [2.75, 3.05) is 0 Å². The third-order valence-electron chi connectivity index (χ3n) is 6.74. The van der Waals surface area contributed by atoms with Crippen LogP contribution in [0.2, 0.25) is 26.2 Å². The van der Waals surface area contributed by atoms with Gasteiger partial charge in [-0.15, -0.1) is 0 Å². The smallest absolute Gasteiger partial charge is 0.0671 e. The maximum Gasteiger partial charge on any atom is 0.0791 e. The summed E-state index contributed by atoms with van der Waals surface area (Å²) in [6.45, 7) is 9.85. The molecule has 4 bridgehead atoms. The van der Waals surface area contributed by atoms with E-state index in [2.05, 4.69) is 44.4 Å². The lowest BCUT2D eigenvalue weighted by Crippen LogP contribution is -2.49. The molecule has 4 aliphatic rings. The zero-order valence-corrected chi connectivity index (χ0v) is 16.7. The Morgan fingerprint density at radius 1 is 0.727 bits per heavy atom. The summed E-state index contributed by atoms with van der Waals surface area (Å²) in [5.41, 5.74) is 2.34. The highest BCUT2D eigenvalue weighted by atomic mass is 28.3. The summed E-state index contributed by atoms with van der Waals surface area (Å²) < 4.78 is 0. The van der Waals surface area contributed by atoms with Crippen LogP contribution in [0.3, 0.4) is 0 Å². The molecule has 0 saturated heterocycles. The number of benzene rings is 1. The average Bonchev–Trinajstić information content (AvgIpc) is 2.45. The maximum absolute atomic E-state index is 2.65. The molecule has 0 N–H and O–H groups in total. The third kappa shape index (κ3) is 2.47. The van der Waals surface area contributed by atoms with E-state index in [1.54, 1.807) is 35.2 Å². The van der Waals surface area contributed by atoms with Crippen LogP contribution in [0.25, 0.3) is 0 Å². The van der Waals surface area contributed by atoms with Crippen LogP contribution in [-0.4, -0.2) is 17.6 Å². The van der Waals surface area contributed by atoms with Crippen molar-refractivity contribution < 1.29 is 0 Å². The zero-order valence-electron chi connectivity index (χ0n) is 14.7. The molecule has 4 fully saturated rings. The molecule has 1 aromatic carbocycles. The summed E-state index contributed by atoms with van der Waals surface area (Å²) in [7, 11) is -0.686. The van der Waals surface area contributed by atoms with E-state index in [1.165, 1.54) is 19.3 Å². The van der Waals surface area contributed by atoms with Gasteiger partial charge in [0, 0.05) is 0 Å². The Morgan fingerprint density at radius 2 is 1.14 bits per heavy atom. The summed E-state index contributed by atoms with van der Waals surface area (Å²) in [6, 6.07) is 7.86. The van der Waals surface area contributed by atoms with E-state index in [4.69, 9.17) is 0 Å². The van der Waals surface area contributed by atoms with Crippen LogP contribution in [-0.2, 0) is 5.41 Å². The minimum absolute atomic E-state index is 0.343. The van der Waals surface area contributed by atoms with Crippen LogP contribution in [0, 0.1) is 17.8 Å². The second kappa shape index (κ2) is 5.34. The van der Waals surface area contributed by atoms with Gasteiger partial charge in [0.05, 0.1) is 17.6 Å². The average molecular weight is 327 g/mol. The fourth-order valence-corrected chi connectivity index (χ4v) is 7.90. The van der Waals surface area contributed by atoms with E-state index in [9.17, 15) is 0 Å². The highest BCUT2D eigenvalue weighted by Crippen LogP contribution is 2.60. The maximum atomic E-state index is 2.65. The normalized spacial score (nSPS) is 36.5. The highest BCUT2D eigenvalue weighted by Gasteiger charge is 2.51. The van der Waals surface area contributed by atoms with E-state index < -0.39 is 0 Å². The Labute approximate surface area is 139 Å². The molecule has 1 aromatic rings. The minimum atomic E-state index is -0.343. The van der Waals surface area contributed by atoms with Gasteiger partial charge in [-0.3, -0.25) is 0 Å². The van der Waals surface area contributed by atoms with Gasteiger partial charge in [0.1, 0.15) is 0 Å². The van der Waals surface area contributed by atoms with Crippen molar-refractivity contribution in [2.24, 2.45) is 17.8 Å². The van der Waals surface area contributed by atoms with Gasteiger partial charge in [0.15, 0.2) is 0 Å². The molecular formula is C20H30Si2. The molecule has 0 amide bonds. The molecule has 4 saturated carbocycles. The van der Waals surface area contributed by atoms with E-state index in [-0.39, 0.29) is 17.6 Å². The Balaban J connectivity index is 1.78. The molecule has 0 aromatic heterocycles. The second-order valence-corrected chi connectivity index (χ2v) is 14.2. The first-order valence-electron chi connectivity index (χ1n) is 9.22. The van der Waals surface area contributed by atoms with E-state index in [0.29, 0.717) is 5.41 Å². The quantitative estimate of drug-likeness (QED) is 0.734. The van der Waals surface area contributed by atoms with Crippen molar-refractivity contribution in [1.82, 2.24) is 0 Å². The highest BCUT2D eigenvalue weighted by molar-refractivity contribution is 6.74. The van der Waals surface area contributed by atoms with Gasteiger partial charge in [-0.05, 0) is 67.3 Å². The molecule has 22 heavy (non-hydrogen) atoms. The molecule has 0 atom stereocenters. The Bertz CT molecular complexity index is 512. The molecule has 2 heteroatoms. The molecule has 0 heterocycles. The molecule has 0 nitrogen and oxygen atoms in total. The number of hydrogen-bond acceptors (Lipinski definition) is 0. The first-order chi connectivity index (χ1) is 10.4. The van der Waals surface area contributed by atoms with Gasteiger partial charge in [0.25, 0.3) is 0 Å². The summed E-state index contributed by atoms with van der Waals surface area (Å²) >= 11 is 0. The standard InChI is InChI=1S/C20H30Si2/c1-21(2)18-8-17(9-19(10-18)22(3)4)20-11-14-5-15(12-20)7-16(6-14)13-20/h8-10,14-16H,5-7,11-13H2,1-4H3. The minimum Gasteiger partial charge on any atom is -0.0671 e. The summed E-state index contributed by atoms with van der Waals surface area (Å²) in [5.74, 6) is 3.17. The third-order valence-corrected chi connectivity index (χ3v) is 9.63. The largest absolute Gasteiger partial charge is 0.0791 e. The molecule has 0 aliphatic heterocycles. The van der Waals surface area contributed by atoms with Crippen LogP contribution in [0.5, 0.6) is 0 Å². The molecule has 4 aliphatic carbocycles. The van der Waals surface area contributed by atoms with Crippen molar-refractivity contribution in [1.29, 1.82) is 0 Å². The van der Waals surface area contributed by atoms with Crippen molar-refractivity contribution >= 4 is 28.0 Å². The molecule has 5 rings (SSSR count). The van der Waals surface area contributed by atoms with E-state index >= 15 is 0 Å². The molecule has 0 spiro atoms. The predicted molar refractivity (Wildman–Crippen MR) is 101 cm³/mol. The Hall–Kier alpha value is -0.346. The van der Waals surface area contributed by atoms with Gasteiger partial charge in [-0.25, -0.2) is 0 Å². The summed E-state index contributed by atoms with van der Waals surface area (Å²) in [6.07, 6.45) is 9.18. The Morgan fingerprint density at radius 3 is 1.50 bits per heavy atom. The molecule has 2 radical (unpaired) electrons. The van der Waals surface area contributed by atoms with Crippen molar-refractivity contribution in [2.45, 2.75) is 70.1 Å². The van der Waals surface area contributed by atoms with Crippen molar-refractivity contribution in [3.05, 3.63) is 23.8 Å². The van der Waals surface area contributed by atoms with Crippen LogP contribution >= 0.6 is 0 Å². The second-order valence-electron chi connectivity index (χ2n) is 9.00. The lowest BCUT2D eigenvalue weighted by molar-refractivity contribution is -0.00512. The first-order valence-corrected chi connectivity index (χ1v) is 14.2.